The van der Waals surface area contributed by atoms with Crippen molar-refractivity contribution in [2.75, 3.05) is 0 Å². The van der Waals surface area contributed by atoms with E-state index in [9.17, 15) is 0 Å². The fourth-order valence-corrected chi connectivity index (χ4v) is 2.44. The van der Waals surface area contributed by atoms with Gasteiger partial charge in [0.15, 0.2) is 0 Å². The topological polar surface area (TPSA) is 76.1 Å². The van der Waals surface area contributed by atoms with E-state index >= 15 is 0 Å². The third-order valence-corrected chi connectivity index (χ3v) is 3.48. The summed E-state index contributed by atoms with van der Waals surface area (Å²) in [5, 5.41) is 20.8. The smallest absolute Gasteiger partial charge is 0.149 e. The summed E-state index contributed by atoms with van der Waals surface area (Å²) in [6.07, 6.45) is 2.18. The zero-order valence-electron chi connectivity index (χ0n) is 11.0. The third kappa shape index (κ3) is 2.41. The van der Waals surface area contributed by atoms with Crippen LogP contribution in [0.2, 0.25) is 0 Å². The van der Waals surface area contributed by atoms with Gasteiger partial charge in [0.1, 0.15) is 29.8 Å². The molecule has 1 atom stereocenters. The van der Waals surface area contributed by atoms with Gasteiger partial charge in [0.25, 0.3) is 0 Å². The van der Waals surface area contributed by atoms with E-state index in [-0.39, 0.29) is 12.6 Å². The van der Waals surface area contributed by atoms with Crippen LogP contribution in [0.15, 0.2) is 16.5 Å². The van der Waals surface area contributed by atoms with Gasteiger partial charge in [-0.3, -0.25) is 0 Å². The van der Waals surface area contributed by atoms with Gasteiger partial charge in [-0.1, -0.05) is 0 Å². The fourth-order valence-electron chi connectivity index (χ4n) is 2.44. The molecule has 3 heterocycles. The van der Waals surface area contributed by atoms with Gasteiger partial charge in [-0.25, -0.2) is 0 Å². The Balaban J connectivity index is 1.63. The fraction of sp³-hybridized carbons (Fsp3) is 0.538. The van der Waals surface area contributed by atoms with Gasteiger partial charge >= 0.3 is 0 Å². The predicted molar refractivity (Wildman–Crippen MR) is 68.2 cm³/mol. The lowest BCUT2D eigenvalue weighted by molar-refractivity contribution is 0.242. The molecule has 0 bridgehead atoms. The van der Waals surface area contributed by atoms with E-state index in [0.717, 1.165) is 36.8 Å². The van der Waals surface area contributed by atoms with Crippen molar-refractivity contribution in [2.45, 2.75) is 45.5 Å². The number of furan rings is 1. The SMILES string of the molecule is CC(NCc1ccc(CO)o1)c1nnc2n1CCC2. The summed E-state index contributed by atoms with van der Waals surface area (Å²) in [6.45, 7) is 3.64. The lowest BCUT2D eigenvalue weighted by Crippen LogP contribution is -2.21. The van der Waals surface area contributed by atoms with E-state index in [1.165, 1.54) is 0 Å². The molecule has 0 spiro atoms. The Kier molecular flexibility index (Phi) is 3.35. The van der Waals surface area contributed by atoms with Crippen LogP contribution in [-0.2, 0) is 26.1 Å². The second-order valence-corrected chi connectivity index (χ2v) is 4.86. The van der Waals surface area contributed by atoms with E-state index in [4.69, 9.17) is 9.52 Å². The maximum Gasteiger partial charge on any atom is 0.149 e. The summed E-state index contributed by atoms with van der Waals surface area (Å²) < 4.78 is 7.63. The number of aromatic nitrogens is 3. The second-order valence-electron chi connectivity index (χ2n) is 4.86. The van der Waals surface area contributed by atoms with E-state index in [2.05, 4.69) is 27.0 Å². The van der Waals surface area contributed by atoms with Gasteiger partial charge in [-0.05, 0) is 25.5 Å². The lowest BCUT2D eigenvalue weighted by Gasteiger charge is -2.12. The standard InChI is InChI=1S/C13H18N4O2/c1-9(13-16-15-12-3-2-6-17(12)13)14-7-10-4-5-11(8-18)19-10/h4-5,9,14,18H,2-3,6-8H2,1H3. The van der Waals surface area contributed by atoms with Crippen LogP contribution in [-0.4, -0.2) is 19.9 Å². The predicted octanol–water partition coefficient (Wildman–Crippen LogP) is 1.16. The highest BCUT2D eigenvalue weighted by Gasteiger charge is 2.21. The average Bonchev–Trinajstić information content (AvgIpc) is 3.11. The molecule has 19 heavy (non-hydrogen) atoms. The van der Waals surface area contributed by atoms with Crippen molar-refractivity contribution in [3.63, 3.8) is 0 Å². The Bertz CT molecular complexity index is 561. The Labute approximate surface area is 111 Å². The average molecular weight is 262 g/mol. The Hall–Kier alpha value is -1.66. The molecule has 0 amide bonds. The number of aliphatic hydroxyl groups is 1. The van der Waals surface area contributed by atoms with Crippen molar-refractivity contribution in [1.29, 1.82) is 0 Å². The zero-order valence-corrected chi connectivity index (χ0v) is 11.0. The molecule has 0 fully saturated rings. The van der Waals surface area contributed by atoms with Crippen LogP contribution in [0.5, 0.6) is 0 Å². The van der Waals surface area contributed by atoms with Crippen molar-refractivity contribution in [1.82, 2.24) is 20.1 Å². The maximum atomic E-state index is 8.95. The van der Waals surface area contributed by atoms with Gasteiger partial charge in [0, 0.05) is 13.0 Å². The van der Waals surface area contributed by atoms with Crippen LogP contribution in [0.1, 0.15) is 42.6 Å². The first-order chi connectivity index (χ1) is 9.28. The van der Waals surface area contributed by atoms with Crippen LogP contribution in [0.25, 0.3) is 0 Å². The Morgan fingerprint density at radius 2 is 2.26 bits per heavy atom. The molecular formula is C13H18N4O2. The van der Waals surface area contributed by atoms with E-state index in [0.29, 0.717) is 12.3 Å². The summed E-state index contributed by atoms with van der Waals surface area (Å²) >= 11 is 0. The lowest BCUT2D eigenvalue weighted by atomic mass is 10.3. The number of fused-ring (bicyclic) bond motifs is 1. The van der Waals surface area contributed by atoms with Gasteiger partial charge in [0.05, 0.1) is 12.6 Å². The summed E-state index contributed by atoms with van der Waals surface area (Å²) in [5.41, 5.74) is 0. The van der Waals surface area contributed by atoms with Crippen LogP contribution < -0.4 is 5.32 Å². The van der Waals surface area contributed by atoms with E-state index in [1.807, 2.05) is 6.07 Å². The highest BCUT2D eigenvalue weighted by atomic mass is 16.4. The van der Waals surface area contributed by atoms with Crippen molar-refractivity contribution in [2.24, 2.45) is 0 Å². The summed E-state index contributed by atoms with van der Waals surface area (Å²) in [7, 11) is 0. The molecule has 0 saturated carbocycles. The van der Waals surface area contributed by atoms with Crippen LogP contribution in [0.3, 0.4) is 0 Å². The molecule has 0 aromatic carbocycles. The number of nitrogens with one attached hydrogen (secondary N) is 1. The first-order valence-electron chi connectivity index (χ1n) is 6.61. The molecule has 0 radical (unpaired) electrons. The van der Waals surface area contributed by atoms with Gasteiger partial charge in [-0.2, -0.15) is 0 Å². The molecule has 2 N–H and O–H groups in total. The maximum absolute atomic E-state index is 8.95. The van der Waals surface area contributed by atoms with Crippen LogP contribution in [0.4, 0.5) is 0 Å². The van der Waals surface area contributed by atoms with E-state index < -0.39 is 0 Å². The first kappa shape index (κ1) is 12.4. The molecule has 3 rings (SSSR count). The van der Waals surface area contributed by atoms with Crippen molar-refractivity contribution in [3.05, 3.63) is 35.3 Å². The van der Waals surface area contributed by atoms with E-state index in [1.54, 1.807) is 6.07 Å². The minimum Gasteiger partial charge on any atom is -0.462 e. The second kappa shape index (κ2) is 5.14. The minimum absolute atomic E-state index is 0.0623. The number of aliphatic hydroxyl groups excluding tert-OH is 1. The molecule has 6 heteroatoms. The Morgan fingerprint density at radius 3 is 3.05 bits per heavy atom. The molecule has 1 aliphatic rings. The van der Waals surface area contributed by atoms with Crippen molar-refractivity contribution < 1.29 is 9.52 Å². The Morgan fingerprint density at radius 1 is 1.42 bits per heavy atom. The van der Waals surface area contributed by atoms with Crippen molar-refractivity contribution >= 4 is 0 Å². The number of hydrogen-bond donors (Lipinski definition) is 2. The molecule has 0 aliphatic carbocycles. The normalized spacial score (nSPS) is 15.7. The first-order valence-corrected chi connectivity index (χ1v) is 6.61. The molecular weight excluding hydrogens is 244 g/mol. The number of hydrogen-bond acceptors (Lipinski definition) is 5. The molecule has 1 unspecified atom stereocenters. The van der Waals surface area contributed by atoms with Crippen LogP contribution >= 0.6 is 0 Å². The van der Waals surface area contributed by atoms with Crippen LogP contribution in [0, 0.1) is 0 Å². The summed E-state index contributed by atoms with van der Waals surface area (Å²) in [4.78, 5) is 0. The van der Waals surface area contributed by atoms with Gasteiger partial charge in [0.2, 0.25) is 0 Å². The monoisotopic (exact) mass is 262 g/mol. The largest absolute Gasteiger partial charge is 0.462 e. The number of aryl methyl sites for hydroxylation is 1. The zero-order chi connectivity index (χ0) is 13.2. The molecule has 6 nitrogen and oxygen atoms in total. The summed E-state index contributed by atoms with van der Waals surface area (Å²) in [6, 6.07) is 3.79. The quantitative estimate of drug-likeness (QED) is 0.845. The molecule has 2 aromatic heterocycles. The number of rotatable bonds is 5. The van der Waals surface area contributed by atoms with Gasteiger partial charge in [-0.15, -0.1) is 10.2 Å². The summed E-state index contributed by atoms with van der Waals surface area (Å²) in [5.74, 6) is 3.48. The minimum atomic E-state index is -0.0623. The molecule has 1 aliphatic heterocycles. The highest BCUT2D eigenvalue weighted by molar-refractivity contribution is 5.08. The molecule has 2 aromatic rings. The number of nitrogens with zero attached hydrogens (tertiary/aromatic N) is 3. The van der Waals surface area contributed by atoms with Crippen molar-refractivity contribution in [3.8, 4) is 0 Å². The third-order valence-electron chi connectivity index (χ3n) is 3.48. The molecule has 102 valence electrons. The highest BCUT2D eigenvalue weighted by Crippen LogP contribution is 2.19. The van der Waals surface area contributed by atoms with Gasteiger partial charge < -0.3 is 19.4 Å². The molecule has 0 saturated heterocycles.